The minimum atomic E-state index is 0.491. The molecule has 1 atom stereocenters. The average molecular weight is 246 g/mol. The molecule has 2 aliphatic rings. The molecule has 1 unspecified atom stereocenters. The van der Waals surface area contributed by atoms with Gasteiger partial charge < -0.3 is 15.8 Å². The molecule has 0 aromatic heterocycles. The molecule has 0 bridgehead atoms. The monoisotopic (exact) mass is 246 g/mol. The van der Waals surface area contributed by atoms with Crippen molar-refractivity contribution < 1.29 is 4.74 Å². The van der Waals surface area contributed by atoms with Crippen LogP contribution in [0.5, 0.6) is 0 Å². The number of rotatable bonds is 6. The summed E-state index contributed by atoms with van der Waals surface area (Å²) in [5.41, 5.74) is 9.52. The van der Waals surface area contributed by atoms with Crippen molar-refractivity contribution in [3.63, 3.8) is 0 Å². The number of anilines is 1. The zero-order valence-electron chi connectivity index (χ0n) is 10.8. The van der Waals surface area contributed by atoms with Gasteiger partial charge in [-0.25, -0.2) is 0 Å². The van der Waals surface area contributed by atoms with E-state index in [0.717, 1.165) is 37.8 Å². The van der Waals surface area contributed by atoms with Crippen molar-refractivity contribution in [1.29, 1.82) is 0 Å². The van der Waals surface area contributed by atoms with Crippen molar-refractivity contribution in [3.05, 3.63) is 29.3 Å². The average Bonchev–Trinajstić information content (AvgIpc) is 3.10. The lowest BCUT2D eigenvalue weighted by molar-refractivity contribution is 0.124. The Balaban J connectivity index is 1.44. The third-order valence-electron chi connectivity index (χ3n) is 3.93. The number of aryl methyl sites for hydroxylation is 1. The quantitative estimate of drug-likeness (QED) is 0.598. The largest absolute Gasteiger partial charge is 0.399 e. The molecule has 1 aromatic rings. The molecule has 2 aliphatic carbocycles. The van der Waals surface area contributed by atoms with E-state index < -0.39 is 0 Å². The van der Waals surface area contributed by atoms with Crippen LogP contribution in [0.2, 0.25) is 0 Å². The fraction of sp³-hybridized carbons (Fsp3) is 0.600. The van der Waals surface area contributed by atoms with Gasteiger partial charge in [-0.3, -0.25) is 0 Å². The molecule has 18 heavy (non-hydrogen) atoms. The Morgan fingerprint density at radius 1 is 1.28 bits per heavy atom. The van der Waals surface area contributed by atoms with Crippen molar-refractivity contribution in [2.75, 3.05) is 25.5 Å². The molecule has 0 amide bonds. The van der Waals surface area contributed by atoms with Crippen molar-refractivity contribution >= 4 is 5.69 Å². The van der Waals surface area contributed by atoms with E-state index in [4.69, 9.17) is 10.5 Å². The van der Waals surface area contributed by atoms with Gasteiger partial charge in [0.25, 0.3) is 0 Å². The summed E-state index contributed by atoms with van der Waals surface area (Å²) in [6.45, 7) is 2.73. The minimum Gasteiger partial charge on any atom is -0.399 e. The van der Waals surface area contributed by atoms with Crippen LogP contribution in [-0.4, -0.2) is 19.8 Å². The van der Waals surface area contributed by atoms with Crippen LogP contribution in [0.3, 0.4) is 0 Å². The predicted molar refractivity (Wildman–Crippen MR) is 73.5 cm³/mol. The van der Waals surface area contributed by atoms with E-state index in [0.29, 0.717) is 6.04 Å². The molecule has 0 heterocycles. The van der Waals surface area contributed by atoms with Gasteiger partial charge >= 0.3 is 0 Å². The molecular formula is C15H22N2O. The Kier molecular flexibility index (Phi) is 3.52. The molecule has 3 nitrogen and oxygen atoms in total. The molecule has 0 radical (unpaired) electrons. The molecule has 0 aliphatic heterocycles. The normalized spacial score (nSPS) is 22.1. The second-order valence-electron chi connectivity index (χ2n) is 5.52. The topological polar surface area (TPSA) is 47.3 Å². The maximum atomic E-state index is 5.81. The maximum absolute atomic E-state index is 5.81. The van der Waals surface area contributed by atoms with Crippen LogP contribution in [0.1, 0.15) is 36.4 Å². The molecule has 1 aromatic carbocycles. The van der Waals surface area contributed by atoms with Crippen LogP contribution in [-0.2, 0) is 11.2 Å². The maximum Gasteiger partial charge on any atom is 0.0591 e. The van der Waals surface area contributed by atoms with E-state index in [2.05, 4.69) is 17.4 Å². The Morgan fingerprint density at radius 3 is 3.00 bits per heavy atom. The number of nitrogens with one attached hydrogen (secondary N) is 1. The number of hydrogen-bond donors (Lipinski definition) is 2. The second-order valence-corrected chi connectivity index (χ2v) is 5.52. The van der Waals surface area contributed by atoms with Gasteiger partial charge in [-0.05, 0) is 54.9 Å². The van der Waals surface area contributed by atoms with Gasteiger partial charge in [0.2, 0.25) is 0 Å². The van der Waals surface area contributed by atoms with Crippen molar-refractivity contribution in [2.24, 2.45) is 5.92 Å². The molecule has 3 N–H and O–H groups in total. The number of fused-ring (bicyclic) bond motifs is 1. The van der Waals surface area contributed by atoms with Crippen LogP contribution in [0.4, 0.5) is 5.69 Å². The van der Waals surface area contributed by atoms with E-state index in [9.17, 15) is 0 Å². The van der Waals surface area contributed by atoms with Crippen LogP contribution in [0.25, 0.3) is 0 Å². The van der Waals surface area contributed by atoms with Gasteiger partial charge in [-0.15, -0.1) is 0 Å². The lowest BCUT2D eigenvalue weighted by atomic mass is 10.1. The van der Waals surface area contributed by atoms with E-state index >= 15 is 0 Å². The number of benzene rings is 1. The van der Waals surface area contributed by atoms with E-state index in [1.165, 1.54) is 30.4 Å². The molecule has 1 saturated carbocycles. The van der Waals surface area contributed by atoms with Gasteiger partial charge in [0.05, 0.1) is 6.61 Å². The highest BCUT2D eigenvalue weighted by molar-refractivity contribution is 5.47. The minimum absolute atomic E-state index is 0.491. The Bertz CT molecular complexity index is 415. The van der Waals surface area contributed by atoms with E-state index in [1.54, 1.807) is 0 Å². The van der Waals surface area contributed by atoms with Crippen molar-refractivity contribution in [3.8, 4) is 0 Å². The lowest BCUT2D eigenvalue weighted by Crippen LogP contribution is -2.24. The van der Waals surface area contributed by atoms with Gasteiger partial charge in [-0.2, -0.15) is 0 Å². The summed E-state index contributed by atoms with van der Waals surface area (Å²) in [5.74, 6) is 0.861. The fourth-order valence-corrected chi connectivity index (χ4v) is 2.69. The fourth-order valence-electron chi connectivity index (χ4n) is 2.69. The zero-order chi connectivity index (χ0) is 12.4. The first-order valence-corrected chi connectivity index (χ1v) is 7.02. The lowest BCUT2D eigenvalue weighted by Gasteiger charge is -2.14. The Hall–Kier alpha value is -1.06. The summed E-state index contributed by atoms with van der Waals surface area (Å²) in [6.07, 6.45) is 5.05. The number of nitrogen functional groups attached to an aromatic ring is 1. The third-order valence-corrected chi connectivity index (χ3v) is 3.93. The van der Waals surface area contributed by atoms with E-state index in [1.807, 2.05) is 6.07 Å². The summed E-state index contributed by atoms with van der Waals surface area (Å²) in [4.78, 5) is 0. The molecule has 3 rings (SSSR count). The molecule has 98 valence electrons. The predicted octanol–water partition coefficient (Wildman–Crippen LogP) is 2.27. The number of hydrogen-bond acceptors (Lipinski definition) is 3. The molecule has 0 spiro atoms. The first-order chi connectivity index (χ1) is 8.83. The van der Waals surface area contributed by atoms with Crippen LogP contribution >= 0.6 is 0 Å². The molecule has 3 heteroatoms. The number of ether oxygens (including phenoxy) is 1. The molecule has 0 saturated heterocycles. The summed E-state index contributed by atoms with van der Waals surface area (Å²) in [5, 5.41) is 3.59. The van der Waals surface area contributed by atoms with Crippen molar-refractivity contribution in [2.45, 2.75) is 31.7 Å². The van der Waals surface area contributed by atoms with Gasteiger partial charge in [0.1, 0.15) is 0 Å². The SMILES string of the molecule is Nc1ccc2c(c1)CCC2NCCOCC1CC1. The first-order valence-electron chi connectivity index (χ1n) is 7.02. The highest BCUT2D eigenvalue weighted by atomic mass is 16.5. The number of nitrogens with two attached hydrogens (primary N) is 1. The Labute approximate surface area is 109 Å². The van der Waals surface area contributed by atoms with Gasteiger partial charge in [0.15, 0.2) is 0 Å². The highest BCUT2D eigenvalue weighted by Crippen LogP contribution is 2.32. The first kappa shape index (κ1) is 12.0. The van der Waals surface area contributed by atoms with Crippen LogP contribution < -0.4 is 11.1 Å². The second kappa shape index (κ2) is 5.29. The Morgan fingerprint density at radius 2 is 2.17 bits per heavy atom. The molecule has 1 fully saturated rings. The van der Waals surface area contributed by atoms with Crippen LogP contribution in [0.15, 0.2) is 18.2 Å². The highest BCUT2D eigenvalue weighted by Gasteiger charge is 2.22. The zero-order valence-corrected chi connectivity index (χ0v) is 10.8. The molecular weight excluding hydrogens is 224 g/mol. The summed E-state index contributed by atoms with van der Waals surface area (Å²) >= 11 is 0. The van der Waals surface area contributed by atoms with Crippen LogP contribution in [0, 0.1) is 5.92 Å². The van der Waals surface area contributed by atoms with Gasteiger partial charge in [-0.1, -0.05) is 6.07 Å². The smallest absolute Gasteiger partial charge is 0.0591 e. The third kappa shape index (κ3) is 2.85. The summed E-state index contributed by atoms with van der Waals surface area (Å²) < 4.78 is 5.64. The van der Waals surface area contributed by atoms with Crippen molar-refractivity contribution in [1.82, 2.24) is 5.32 Å². The standard InChI is InChI=1S/C15H22N2O/c16-13-4-5-14-12(9-13)3-6-15(14)17-7-8-18-10-11-1-2-11/h4-5,9,11,15,17H,1-3,6-8,10,16H2. The summed E-state index contributed by atoms with van der Waals surface area (Å²) in [7, 11) is 0. The van der Waals surface area contributed by atoms with E-state index in [-0.39, 0.29) is 0 Å². The van der Waals surface area contributed by atoms with Gasteiger partial charge in [0, 0.05) is 24.9 Å². The summed E-state index contributed by atoms with van der Waals surface area (Å²) in [6, 6.07) is 6.77.